The van der Waals surface area contributed by atoms with Crippen LogP contribution in [-0.4, -0.2) is 45.4 Å². The molecule has 0 spiro atoms. The van der Waals surface area contributed by atoms with Crippen LogP contribution < -0.4 is 5.32 Å². The maximum absolute atomic E-state index is 11.7. The van der Waals surface area contributed by atoms with Gasteiger partial charge in [0.2, 0.25) is 0 Å². The lowest BCUT2D eigenvalue weighted by molar-refractivity contribution is -0.397. The number of nitrogens with one attached hydrogen (secondary N) is 1. The molecule has 0 fully saturated rings. The summed E-state index contributed by atoms with van der Waals surface area (Å²) in [7, 11) is 0. The van der Waals surface area contributed by atoms with Crippen molar-refractivity contribution in [2.24, 2.45) is 0 Å². The molecule has 0 amide bonds. The molecule has 1 unspecified atom stereocenters. The Hall–Kier alpha value is -1.54. The number of rotatable bonds is 7. The van der Waals surface area contributed by atoms with Gasteiger partial charge < -0.3 is 20.5 Å². The molecule has 0 aliphatic heterocycles. The van der Waals surface area contributed by atoms with E-state index in [0.717, 1.165) is 0 Å². The zero-order chi connectivity index (χ0) is 12.0. The van der Waals surface area contributed by atoms with Crippen LogP contribution in [0.5, 0.6) is 0 Å². The van der Waals surface area contributed by atoms with Crippen LogP contribution in [0.1, 0.15) is 0 Å². The molecule has 1 atom stereocenters. The number of aromatic nitrogens is 2. The summed E-state index contributed by atoms with van der Waals surface area (Å²) in [5, 5.41) is 22.7. The van der Waals surface area contributed by atoms with Crippen LogP contribution in [0.15, 0.2) is 12.4 Å². The van der Waals surface area contributed by atoms with Crippen LogP contribution >= 0.6 is 0 Å². The summed E-state index contributed by atoms with van der Waals surface area (Å²) < 4.78 is 13.0. The number of alkyl halides is 1. The average molecular weight is 232 g/mol. The Balaban J connectivity index is 2.46. The highest BCUT2D eigenvalue weighted by Crippen LogP contribution is 2.07. The monoisotopic (exact) mass is 232 g/mol. The second-order valence-electron chi connectivity index (χ2n) is 3.18. The lowest BCUT2D eigenvalue weighted by Gasteiger charge is -2.10. The predicted molar refractivity (Wildman–Crippen MR) is 53.7 cm³/mol. The van der Waals surface area contributed by atoms with Crippen molar-refractivity contribution < 1.29 is 14.4 Å². The fraction of sp³-hybridized carbons (Fsp3) is 0.625. The van der Waals surface area contributed by atoms with E-state index in [1.54, 1.807) is 0 Å². The van der Waals surface area contributed by atoms with Crippen molar-refractivity contribution in [2.75, 3.05) is 19.8 Å². The van der Waals surface area contributed by atoms with Gasteiger partial charge in [-0.3, -0.25) is 0 Å². The molecule has 0 aromatic carbocycles. The van der Waals surface area contributed by atoms with Gasteiger partial charge in [-0.25, -0.2) is 8.96 Å². The molecule has 8 heteroatoms. The number of nitrogens with zero attached hydrogens (tertiary/aromatic N) is 3. The lowest BCUT2D eigenvalue weighted by atomic mass is 10.3. The van der Waals surface area contributed by atoms with Gasteiger partial charge in [0.1, 0.15) is 19.1 Å². The normalized spacial score (nSPS) is 12.6. The van der Waals surface area contributed by atoms with Gasteiger partial charge in [-0.15, -0.1) is 0 Å². The van der Waals surface area contributed by atoms with E-state index in [2.05, 4.69) is 10.3 Å². The van der Waals surface area contributed by atoms with Gasteiger partial charge in [0.05, 0.1) is 12.6 Å². The molecule has 1 rings (SSSR count). The van der Waals surface area contributed by atoms with Crippen molar-refractivity contribution in [1.29, 1.82) is 0 Å². The molecule has 1 heterocycles. The highest BCUT2D eigenvalue weighted by atomic mass is 19.1. The number of hydrogen-bond donors (Lipinski definition) is 2. The molecule has 0 aliphatic carbocycles. The summed E-state index contributed by atoms with van der Waals surface area (Å²) in [6.45, 7) is -0.129. The maximum Gasteiger partial charge on any atom is 0.434 e. The highest BCUT2D eigenvalue weighted by molar-refractivity contribution is 5.06. The Morgan fingerprint density at radius 1 is 1.75 bits per heavy atom. The molecular formula is C8H13FN4O3. The van der Waals surface area contributed by atoms with Crippen LogP contribution in [0.3, 0.4) is 0 Å². The van der Waals surface area contributed by atoms with Gasteiger partial charge in [-0.2, -0.15) is 0 Å². The number of nitro groups is 1. The summed E-state index contributed by atoms with van der Waals surface area (Å²) in [4.78, 5) is 13.4. The molecule has 1 aromatic heterocycles. The molecule has 7 nitrogen and oxygen atoms in total. The Kier molecular flexibility index (Phi) is 4.80. The summed E-state index contributed by atoms with van der Waals surface area (Å²) in [5.74, 6) is -0.315. The summed E-state index contributed by atoms with van der Waals surface area (Å²) in [5.41, 5.74) is 0. The molecular weight excluding hydrogens is 219 g/mol. The van der Waals surface area contributed by atoms with Gasteiger partial charge in [-0.05, 0) is 4.92 Å². The zero-order valence-corrected chi connectivity index (χ0v) is 8.54. The first-order chi connectivity index (χ1) is 7.65. The summed E-state index contributed by atoms with van der Waals surface area (Å²) >= 11 is 0. The quantitative estimate of drug-likeness (QED) is 0.383. The van der Waals surface area contributed by atoms with Crippen molar-refractivity contribution in [3.8, 4) is 0 Å². The van der Waals surface area contributed by atoms with Gasteiger partial charge in [0.15, 0.2) is 0 Å². The molecule has 0 radical (unpaired) electrons. The van der Waals surface area contributed by atoms with Crippen molar-refractivity contribution in [3.05, 3.63) is 22.5 Å². The van der Waals surface area contributed by atoms with Gasteiger partial charge in [0.25, 0.3) is 0 Å². The first kappa shape index (κ1) is 12.5. The van der Waals surface area contributed by atoms with E-state index in [1.807, 2.05) is 0 Å². The van der Waals surface area contributed by atoms with Crippen molar-refractivity contribution in [1.82, 2.24) is 14.9 Å². The van der Waals surface area contributed by atoms with Crippen molar-refractivity contribution in [3.63, 3.8) is 0 Å². The highest BCUT2D eigenvalue weighted by Gasteiger charge is 2.16. The van der Waals surface area contributed by atoms with Crippen LogP contribution in [0.2, 0.25) is 0 Å². The Morgan fingerprint density at radius 2 is 2.50 bits per heavy atom. The molecule has 0 aliphatic rings. The summed E-state index contributed by atoms with van der Waals surface area (Å²) in [6, 6.07) is 0. The van der Waals surface area contributed by atoms with E-state index in [1.165, 1.54) is 17.0 Å². The number of hydrogen-bond acceptors (Lipinski definition) is 5. The SMILES string of the molecule is O=[N+]([O-])c1nccn1CC(O)CNCCF. The van der Waals surface area contributed by atoms with E-state index in [0.29, 0.717) is 0 Å². The third-order valence-electron chi connectivity index (χ3n) is 1.92. The van der Waals surface area contributed by atoms with Crippen LogP contribution in [0, 0.1) is 10.1 Å². The topological polar surface area (TPSA) is 93.2 Å². The summed E-state index contributed by atoms with van der Waals surface area (Å²) in [6.07, 6.45) is 1.88. The smallest absolute Gasteiger partial charge is 0.390 e. The number of aliphatic hydroxyl groups is 1. The zero-order valence-electron chi connectivity index (χ0n) is 8.54. The van der Waals surface area contributed by atoms with E-state index in [-0.39, 0.29) is 25.6 Å². The number of halogens is 1. The molecule has 2 N–H and O–H groups in total. The lowest BCUT2D eigenvalue weighted by Crippen LogP contribution is -2.31. The first-order valence-electron chi connectivity index (χ1n) is 4.75. The molecule has 16 heavy (non-hydrogen) atoms. The number of aliphatic hydroxyl groups excluding tert-OH is 1. The van der Waals surface area contributed by atoms with Gasteiger partial charge in [0, 0.05) is 13.1 Å². The minimum absolute atomic E-state index is 0.0512. The standard InChI is InChI=1S/C8H13FN4O3/c9-1-2-10-5-7(14)6-12-4-3-11-8(12)13(15)16/h3-4,7,10,14H,1-2,5-6H2. The molecule has 0 saturated carbocycles. The molecule has 0 bridgehead atoms. The fourth-order valence-corrected chi connectivity index (χ4v) is 1.24. The van der Waals surface area contributed by atoms with Gasteiger partial charge >= 0.3 is 5.95 Å². The molecule has 90 valence electrons. The Bertz CT molecular complexity index is 344. The van der Waals surface area contributed by atoms with E-state index >= 15 is 0 Å². The Morgan fingerprint density at radius 3 is 3.12 bits per heavy atom. The molecule has 1 aromatic rings. The Labute approximate surface area is 91.1 Å². The molecule has 0 saturated heterocycles. The average Bonchev–Trinajstić information content (AvgIpc) is 2.66. The largest absolute Gasteiger partial charge is 0.434 e. The predicted octanol–water partition coefficient (Wildman–Crippen LogP) is -0.289. The second kappa shape index (κ2) is 6.13. The van der Waals surface area contributed by atoms with E-state index < -0.39 is 17.7 Å². The van der Waals surface area contributed by atoms with Crippen LogP contribution in [0.4, 0.5) is 10.3 Å². The van der Waals surface area contributed by atoms with Gasteiger partial charge in [-0.1, -0.05) is 4.98 Å². The van der Waals surface area contributed by atoms with Crippen LogP contribution in [0.25, 0.3) is 0 Å². The fourth-order valence-electron chi connectivity index (χ4n) is 1.24. The van der Waals surface area contributed by atoms with E-state index in [9.17, 15) is 19.6 Å². The number of imidazole rings is 1. The van der Waals surface area contributed by atoms with E-state index in [4.69, 9.17) is 0 Å². The van der Waals surface area contributed by atoms with Crippen molar-refractivity contribution in [2.45, 2.75) is 12.6 Å². The third kappa shape index (κ3) is 3.55. The minimum atomic E-state index is -0.820. The maximum atomic E-state index is 11.7. The third-order valence-corrected chi connectivity index (χ3v) is 1.92. The minimum Gasteiger partial charge on any atom is -0.390 e. The van der Waals surface area contributed by atoms with Crippen LogP contribution in [-0.2, 0) is 6.54 Å². The first-order valence-corrected chi connectivity index (χ1v) is 4.75. The van der Waals surface area contributed by atoms with Crippen molar-refractivity contribution >= 4 is 5.95 Å². The second-order valence-corrected chi connectivity index (χ2v) is 3.18.